The molecule has 10 heteroatoms. The van der Waals surface area contributed by atoms with Gasteiger partial charge in [-0.3, -0.25) is 14.4 Å². The number of carbonyl (C=O) groups is 3. The normalized spacial score (nSPS) is 14.7. The molecule has 9 nitrogen and oxygen atoms in total. The van der Waals surface area contributed by atoms with Crippen LogP contribution in [-0.4, -0.2) is 45.2 Å². The zero-order chi connectivity index (χ0) is 18.1. The van der Waals surface area contributed by atoms with Crippen molar-refractivity contribution in [2.24, 2.45) is 5.73 Å². The van der Waals surface area contributed by atoms with Crippen LogP contribution in [0.5, 0.6) is 0 Å². The van der Waals surface area contributed by atoms with Gasteiger partial charge in [0, 0.05) is 6.54 Å². The number of sulfonamides is 1. The molecule has 130 valence electrons. The van der Waals surface area contributed by atoms with Crippen LogP contribution in [0.3, 0.4) is 0 Å². The lowest BCUT2D eigenvalue weighted by molar-refractivity contribution is -0.127. The van der Waals surface area contributed by atoms with Gasteiger partial charge in [-0.15, -0.1) is 0 Å². The molecule has 0 aromatic heterocycles. The fraction of sp³-hybridized carbons (Fsp3) is 0.357. The van der Waals surface area contributed by atoms with Gasteiger partial charge in [0.2, 0.25) is 10.0 Å². The number of nitrogens with zero attached hydrogens (tertiary/aromatic N) is 1. The smallest absolute Gasteiger partial charge is 0.338 e. The molecule has 1 aromatic carbocycles. The molecule has 0 saturated carbocycles. The maximum absolute atomic E-state index is 12.1. The second kappa shape index (κ2) is 6.48. The first-order valence-electron chi connectivity index (χ1n) is 7.01. The Morgan fingerprint density at radius 3 is 2.58 bits per heavy atom. The predicted molar refractivity (Wildman–Crippen MR) is 84.9 cm³/mol. The average Bonchev–Trinajstić information content (AvgIpc) is 2.89. The Balaban J connectivity index is 2.13. The van der Waals surface area contributed by atoms with Gasteiger partial charge in [-0.1, -0.05) is 0 Å². The van der Waals surface area contributed by atoms with Crippen LogP contribution in [-0.2, 0) is 26.0 Å². The summed E-state index contributed by atoms with van der Waals surface area (Å²) in [6, 6.07) is 3.43. The predicted octanol–water partition coefficient (Wildman–Crippen LogP) is -0.251. The number of esters is 1. The van der Waals surface area contributed by atoms with E-state index in [1.54, 1.807) is 0 Å². The molecule has 0 bridgehead atoms. The van der Waals surface area contributed by atoms with Gasteiger partial charge >= 0.3 is 12.0 Å². The Bertz CT molecular complexity index is 805. The molecule has 0 unspecified atom stereocenters. The van der Waals surface area contributed by atoms with Crippen LogP contribution in [0.15, 0.2) is 18.2 Å². The topological polar surface area (TPSA) is 136 Å². The van der Waals surface area contributed by atoms with Crippen LogP contribution >= 0.6 is 0 Å². The van der Waals surface area contributed by atoms with E-state index >= 15 is 0 Å². The molecule has 2 rings (SSSR count). The lowest BCUT2D eigenvalue weighted by Crippen LogP contribution is -2.42. The van der Waals surface area contributed by atoms with Crippen LogP contribution in [0, 0.1) is 0 Å². The molecule has 1 atom stereocenters. The number of hydrogen-bond acceptors (Lipinski definition) is 6. The first-order valence-corrected chi connectivity index (χ1v) is 8.86. The molecule has 1 heterocycles. The molecule has 0 saturated heterocycles. The van der Waals surface area contributed by atoms with Gasteiger partial charge in [-0.25, -0.2) is 18.0 Å². The molecule has 0 radical (unpaired) electrons. The summed E-state index contributed by atoms with van der Waals surface area (Å²) in [5.41, 5.74) is 6.22. The van der Waals surface area contributed by atoms with E-state index in [1.165, 1.54) is 29.4 Å². The average molecular weight is 355 g/mol. The monoisotopic (exact) mass is 355 g/mol. The number of benzene rings is 1. The van der Waals surface area contributed by atoms with Crippen molar-refractivity contribution in [2.45, 2.75) is 19.4 Å². The number of anilines is 1. The van der Waals surface area contributed by atoms with Crippen LogP contribution in [0.1, 0.15) is 22.8 Å². The lowest BCUT2D eigenvalue weighted by atomic mass is 10.1. The number of ether oxygens (including phenoxy) is 1. The maximum atomic E-state index is 12.1. The molecule has 3 amide bonds. The van der Waals surface area contributed by atoms with E-state index in [9.17, 15) is 22.8 Å². The molecule has 1 aromatic rings. The van der Waals surface area contributed by atoms with Crippen molar-refractivity contribution in [1.82, 2.24) is 5.32 Å². The van der Waals surface area contributed by atoms with Crippen LogP contribution in [0.2, 0.25) is 0 Å². The molecule has 1 aliphatic rings. The Morgan fingerprint density at radius 1 is 1.33 bits per heavy atom. The minimum atomic E-state index is -3.37. The van der Waals surface area contributed by atoms with Crippen molar-refractivity contribution in [3.8, 4) is 0 Å². The zero-order valence-corrected chi connectivity index (χ0v) is 13.9. The fourth-order valence-corrected chi connectivity index (χ4v) is 3.31. The van der Waals surface area contributed by atoms with Crippen molar-refractivity contribution in [2.75, 3.05) is 17.1 Å². The number of hydrogen-bond donors (Lipinski definition) is 2. The molecule has 24 heavy (non-hydrogen) atoms. The van der Waals surface area contributed by atoms with Gasteiger partial charge in [0.25, 0.3) is 5.91 Å². The number of urea groups is 1. The second-order valence-electron chi connectivity index (χ2n) is 5.33. The fourth-order valence-electron chi connectivity index (χ4n) is 2.35. The minimum Gasteiger partial charge on any atom is -0.449 e. The van der Waals surface area contributed by atoms with E-state index in [-0.39, 0.29) is 5.56 Å². The lowest BCUT2D eigenvalue weighted by Gasteiger charge is -2.16. The van der Waals surface area contributed by atoms with Gasteiger partial charge in [0.15, 0.2) is 6.10 Å². The van der Waals surface area contributed by atoms with Crippen molar-refractivity contribution < 1.29 is 27.5 Å². The number of fused-ring (bicyclic) bond motifs is 1. The van der Waals surface area contributed by atoms with Crippen molar-refractivity contribution in [3.05, 3.63) is 29.3 Å². The SMILES string of the molecule is C[C@@H](OC(=O)c1ccc2c(c1)CCN2S(C)(=O)=O)C(=O)NC(N)=O. The van der Waals surface area contributed by atoms with Crippen molar-refractivity contribution in [1.29, 1.82) is 0 Å². The number of nitrogens with one attached hydrogen (secondary N) is 1. The van der Waals surface area contributed by atoms with Gasteiger partial charge in [-0.2, -0.15) is 0 Å². The third kappa shape index (κ3) is 3.82. The highest BCUT2D eigenvalue weighted by Gasteiger charge is 2.27. The van der Waals surface area contributed by atoms with Gasteiger partial charge in [0.05, 0.1) is 17.5 Å². The van der Waals surface area contributed by atoms with E-state index in [1.807, 2.05) is 5.32 Å². The minimum absolute atomic E-state index is 0.183. The summed E-state index contributed by atoms with van der Waals surface area (Å²) in [7, 11) is -3.37. The summed E-state index contributed by atoms with van der Waals surface area (Å²) in [4.78, 5) is 34.2. The standard InChI is InChI=1S/C14H17N3O6S/c1-8(12(18)16-14(15)20)23-13(19)10-3-4-11-9(7-10)5-6-17(11)24(2,21)22/h3-4,7-8H,5-6H2,1-2H3,(H3,15,16,18,20)/t8-/m1/s1. The maximum Gasteiger partial charge on any atom is 0.338 e. The van der Waals surface area contributed by atoms with Crippen molar-refractivity contribution >= 4 is 33.6 Å². The van der Waals surface area contributed by atoms with E-state index in [4.69, 9.17) is 10.5 Å². The molecule has 3 N–H and O–H groups in total. The third-order valence-electron chi connectivity index (χ3n) is 3.47. The summed E-state index contributed by atoms with van der Waals surface area (Å²) in [6.07, 6.45) is 0.385. The molecular weight excluding hydrogens is 338 g/mol. The zero-order valence-electron chi connectivity index (χ0n) is 13.1. The number of primary amides is 1. The highest BCUT2D eigenvalue weighted by atomic mass is 32.2. The molecule has 0 aliphatic carbocycles. The summed E-state index contributed by atoms with van der Waals surface area (Å²) in [6.45, 7) is 1.61. The summed E-state index contributed by atoms with van der Waals surface area (Å²) >= 11 is 0. The quantitative estimate of drug-likeness (QED) is 0.715. The van der Waals surface area contributed by atoms with Crippen LogP contribution in [0.25, 0.3) is 0 Å². The van der Waals surface area contributed by atoms with E-state index in [0.29, 0.717) is 24.2 Å². The highest BCUT2D eigenvalue weighted by Crippen LogP contribution is 2.30. The Kier molecular flexibility index (Phi) is 4.78. The van der Waals surface area contributed by atoms with Crippen LogP contribution < -0.4 is 15.4 Å². The number of rotatable bonds is 4. The molecular formula is C14H17N3O6S. The first-order chi connectivity index (χ1) is 11.1. The van der Waals surface area contributed by atoms with E-state index in [2.05, 4.69) is 0 Å². The Labute approximate surface area is 138 Å². The Morgan fingerprint density at radius 2 is 2.00 bits per heavy atom. The molecule has 0 fully saturated rings. The number of amides is 3. The number of carbonyl (C=O) groups excluding carboxylic acids is 3. The summed E-state index contributed by atoms with van der Waals surface area (Å²) < 4.78 is 29.6. The van der Waals surface area contributed by atoms with Gasteiger partial charge in [-0.05, 0) is 37.1 Å². The van der Waals surface area contributed by atoms with Crippen molar-refractivity contribution in [3.63, 3.8) is 0 Å². The number of nitrogens with two attached hydrogens (primary N) is 1. The Hall–Kier alpha value is -2.62. The summed E-state index contributed by atoms with van der Waals surface area (Å²) in [5, 5.41) is 1.81. The number of imide groups is 1. The summed E-state index contributed by atoms with van der Waals surface area (Å²) in [5.74, 6) is -1.59. The molecule has 0 spiro atoms. The molecule has 1 aliphatic heterocycles. The first kappa shape index (κ1) is 17.7. The van der Waals surface area contributed by atoms with Crippen LogP contribution in [0.4, 0.5) is 10.5 Å². The second-order valence-corrected chi connectivity index (χ2v) is 7.24. The van der Waals surface area contributed by atoms with E-state index < -0.39 is 34.0 Å². The van der Waals surface area contributed by atoms with Gasteiger partial charge < -0.3 is 10.5 Å². The third-order valence-corrected chi connectivity index (χ3v) is 4.65. The largest absolute Gasteiger partial charge is 0.449 e. The van der Waals surface area contributed by atoms with E-state index in [0.717, 1.165) is 6.26 Å². The van der Waals surface area contributed by atoms with Gasteiger partial charge in [0.1, 0.15) is 0 Å². The highest BCUT2D eigenvalue weighted by molar-refractivity contribution is 7.92.